The number of morpholine rings is 1. The molecule has 3 rings (SSSR count). The maximum Gasteiger partial charge on any atom is 0.0661 e. The number of rotatable bonds is 7. The highest BCUT2D eigenvalue weighted by Crippen LogP contribution is 2.25. The fourth-order valence-electron chi connectivity index (χ4n) is 2.94. The van der Waals surface area contributed by atoms with Gasteiger partial charge in [-0.15, -0.1) is 0 Å². The normalized spacial score (nSPS) is 15.8. The highest BCUT2D eigenvalue weighted by molar-refractivity contribution is 6.35. The molecule has 2 aromatic rings. The van der Waals surface area contributed by atoms with E-state index in [4.69, 9.17) is 27.9 Å². The van der Waals surface area contributed by atoms with Gasteiger partial charge in [0.05, 0.1) is 23.9 Å². The molecule has 24 heavy (non-hydrogen) atoms. The van der Waals surface area contributed by atoms with E-state index in [0.717, 1.165) is 58.0 Å². The van der Waals surface area contributed by atoms with Crippen LogP contribution in [-0.4, -0.2) is 48.9 Å². The summed E-state index contributed by atoms with van der Waals surface area (Å²) in [6, 6.07) is 9.74. The molecule has 1 N–H and O–H groups in total. The number of hydrogen-bond donors (Lipinski definition) is 1. The number of halogens is 2. The van der Waals surface area contributed by atoms with Crippen molar-refractivity contribution in [3.05, 3.63) is 52.3 Å². The highest BCUT2D eigenvalue weighted by Gasteiger charge is 2.10. The molecule has 0 radical (unpaired) electrons. The van der Waals surface area contributed by atoms with Crippen LogP contribution in [0.2, 0.25) is 10.0 Å². The maximum absolute atomic E-state index is 6.32. The summed E-state index contributed by atoms with van der Waals surface area (Å²) in [4.78, 5) is 2.46. The quantitative estimate of drug-likeness (QED) is 0.758. The molecule has 1 aliphatic heterocycles. The van der Waals surface area contributed by atoms with Crippen LogP contribution < -0.4 is 5.32 Å². The predicted octanol–water partition coefficient (Wildman–Crippen LogP) is 3.60. The first-order valence-electron chi connectivity index (χ1n) is 8.36. The first-order chi connectivity index (χ1) is 11.7. The first kappa shape index (κ1) is 17.8. The van der Waals surface area contributed by atoms with E-state index in [2.05, 4.69) is 20.9 Å². The van der Waals surface area contributed by atoms with Crippen molar-refractivity contribution in [1.29, 1.82) is 0 Å². The Morgan fingerprint density at radius 3 is 2.75 bits per heavy atom. The first-order valence-corrected chi connectivity index (χ1v) is 9.12. The van der Waals surface area contributed by atoms with Crippen molar-refractivity contribution in [2.24, 2.45) is 0 Å². The highest BCUT2D eigenvalue weighted by atomic mass is 35.5. The summed E-state index contributed by atoms with van der Waals surface area (Å²) < 4.78 is 7.47. The van der Waals surface area contributed by atoms with Gasteiger partial charge in [-0.3, -0.25) is 4.90 Å². The zero-order valence-corrected chi connectivity index (χ0v) is 15.2. The molecule has 0 aliphatic carbocycles. The van der Waals surface area contributed by atoms with Gasteiger partial charge in [-0.25, -0.2) is 0 Å². The summed E-state index contributed by atoms with van der Waals surface area (Å²) >= 11 is 12.3. The Morgan fingerprint density at radius 1 is 1.12 bits per heavy atom. The predicted molar refractivity (Wildman–Crippen MR) is 99.4 cm³/mol. The standard InChI is InChI=1S/C18H23Cl2N3O/c19-15-4-5-18(17(20)13-15)23-8-1-3-16(23)14-21-6-2-7-22-9-11-24-12-10-22/h1,3-5,8,13,21H,2,6-7,9-12,14H2. The van der Waals surface area contributed by atoms with Crippen LogP contribution in [-0.2, 0) is 11.3 Å². The molecule has 0 saturated carbocycles. The summed E-state index contributed by atoms with van der Waals surface area (Å²) in [7, 11) is 0. The van der Waals surface area contributed by atoms with Gasteiger partial charge in [-0.1, -0.05) is 23.2 Å². The lowest BCUT2D eigenvalue weighted by Gasteiger charge is -2.26. The van der Waals surface area contributed by atoms with Crippen LogP contribution in [0.1, 0.15) is 12.1 Å². The second kappa shape index (κ2) is 8.88. The van der Waals surface area contributed by atoms with Crippen molar-refractivity contribution in [2.45, 2.75) is 13.0 Å². The zero-order valence-electron chi connectivity index (χ0n) is 13.7. The molecule has 1 aliphatic rings. The van der Waals surface area contributed by atoms with Gasteiger partial charge in [-0.2, -0.15) is 0 Å². The fraction of sp³-hybridized carbons (Fsp3) is 0.444. The zero-order chi connectivity index (χ0) is 16.8. The Balaban J connectivity index is 1.49. The Labute approximate surface area is 153 Å². The van der Waals surface area contributed by atoms with Gasteiger partial charge in [0, 0.05) is 36.5 Å². The molecule has 0 atom stereocenters. The van der Waals surface area contributed by atoms with Crippen LogP contribution in [0.3, 0.4) is 0 Å². The minimum Gasteiger partial charge on any atom is -0.379 e. The van der Waals surface area contributed by atoms with E-state index in [1.807, 2.05) is 24.4 Å². The Morgan fingerprint density at radius 2 is 1.96 bits per heavy atom. The third-order valence-electron chi connectivity index (χ3n) is 4.24. The van der Waals surface area contributed by atoms with Gasteiger partial charge in [0.25, 0.3) is 0 Å². The van der Waals surface area contributed by atoms with Crippen LogP contribution in [0.15, 0.2) is 36.5 Å². The number of benzene rings is 1. The molecule has 6 heteroatoms. The molecule has 130 valence electrons. The number of aromatic nitrogens is 1. The number of nitrogens with zero attached hydrogens (tertiary/aromatic N) is 2. The maximum atomic E-state index is 6.32. The van der Waals surface area contributed by atoms with E-state index in [1.165, 1.54) is 5.69 Å². The van der Waals surface area contributed by atoms with E-state index >= 15 is 0 Å². The lowest BCUT2D eigenvalue weighted by atomic mass is 10.3. The van der Waals surface area contributed by atoms with Crippen LogP contribution >= 0.6 is 23.2 Å². The van der Waals surface area contributed by atoms with Gasteiger partial charge in [-0.05, 0) is 49.8 Å². The monoisotopic (exact) mass is 367 g/mol. The molecule has 1 aromatic carbocycles. The second-order valence-corrected chi connectivity index (χ2v) is 6.79. The summed E-state index contributed by atoms with van der Waals surface area (Å²) in [5.74, 6) is 0. The second-order valence-electron chi connectivity index (χ2n) is 5.95. The Hall–Kier alpha value is -1.04. The Bertz CT molecular complexity index is 653. The topological polar surface area (TPSA) is 29.4 Å². The minimum atomic E-state index is 0.652. The Kier molecular flexibility index (Phi) is 6.58. The molecule has 0 spiro atoms. The van der Waals surface area contributed by atoms with Crippen molar-refractivity contribution < 1.29 is 4.74 Å². The van der Waals surface area contributed by atoms with E-state index < -0.39 is 0 Å². The van der Waals surface area contributed by atoms with Crippen molar-refractivity contribution in [2.75, 3.05) is 39.4 Å². The largest absolute Gasteiger partial charge is 0.379 e. The van der Waals surface area contributed by atoms with E-state index in [0.29, 0.717) is 10.0 Å². The average molecular weight is 368 g/mol. The fourth-order valence-corrected chi connectivity index (χ4v) is 3.44. The van der Waals surface area contributed by atoms with E-state index in [1.54, 1.807) is 6.07 Å². The SMILES string of the molecule is Clc1ccc(-n2cccc2CNCCCN2CCOCC2)c(Cl)c1. The molecule has 0 amide bonds. The van der Waals surface area contributed by atoms with E-state index in [9.17, 15) is 0 Å². The molecular weight excluding hydrogens is 345 g/mol. The summed E-state index contributed by atoms with van der Waals surface area (Å²) in [6.07, 6.45) is 3.17. The summed E-state index contributed by atoms with van der Waals surface area (Å²) in [6.45, 7) is 6.77. The van der Waals surface area contributed by atoms with Crippen LogP contribution in [0.25, 0.3) is 5.69 Å². The van der Waals surface area contributed by atoms with Crippen LogP contribution in [0.5, 0.6) is 0 Å². The molecule has 4 nitrogen and oxygen atoms in total. The molecule has 0 unspecified atom stereocenters. The van der Waals surface area contributed by atoms with Gasteiger partial charge in [0.1, 0.15) is 0 Å². The van der Waals surface area contributed by atoms with Gasteiger partial charge in [0.2, 0.25) is 0 Å². The van der Waals surface area contributed by atoms with Crippen molar-refractivity contribution in [3.8, 4) is 5.69 Å². The number of ether oxygens (including phenoxy) is 1. The van der Waals surface area contributed by atoms with Crippen molar-refractivity contribution >= 4 is 23.2 Å². The average Bonchev–Trinajstić information content (AvgIpc) is 3.04. The molecule has 2 heterocycles. The van der Waals surface area contributed by atoms with Gasteiger partial charge >= 0.3 is 0 Å². The van der Waals surface area contributed by atoms with Crippen LogP contribution in [0, 0.1) is 0 Å². The number of nitrogens with one attached hydrogen (secondary N) is 1. The van der Waals surface area contributed by atoms with E-state index in [-0.39, 0.29) is 0 Å². The molecule has 1 fully saturated rings. The summed E-state index contributed by atoms with van der Waals surface area (Å²) in [5, 5.41) is 4.83. The van der Waals surface area contributed by atoms with Gasteiger partial charge in [0.15, 0.2) is 0 Å². The molecule has 0 bridgehead atoms. The molecule has 1 aromatic heterocycles. The smallest absolute Gasteiger partial charge is 0.0661 e. The van der Waals surface area contributed by atoms with Crippen molar-refractivity contribution in [3.63, 3.8) is 0 Å². The summed E-state index contributed by atoms with van der Waals surface area (Å²) in [5.41, 5.74) is 2.14. The van der Waals surface area contributed by atoms with Crippen LogP contribution in [0.4, 0.5) is 0 Å². The lowest BCUT2D eigenvalue weighted by molar-refractivity contribution is 0.0374. The van der Waals surface area contributed by atoms with Gasteiger partial charge < -0.3 is 14.6 Å². The lowest BCUT2D eigenvalue weighted by Crippen LogP contribution is -2.37. The van der Waals surface area contributed by atoms with Crippen molar-refractivity contribution in [1.82, 2.24) is 14.8 Å². The third kappa shape index (κ3) is 4.74. The third-order valence-corrected chi connectivity index (χ3v) is 4.78. The molecule has 1 saturated heterocycles. The molecular formula is C18H23Cl2N3O. The minimum absolute atomic E-state index is 0.652. The number of hydrogen-bond acceptors (Lipinski definition) is 3.